The summed E-state index contributed by atoms with van der Waals surface area (Å²) in [6.45, 7) is 2.34. The highest BCUT2D eigenvalue weighted by atomic mass is 16.5. The number of rotatable bonds is 4. The quantitative estimate of drug-likeness (QED) is 0.773. The van der Waals surface area contributed by atoms with Crippen LogP contribution in [-0.2, 0) is 9.47 Å². The van der Waals surface area contributed by atoms with Crippen LogP contribution in [0.1, 0.15) is 38.5 Å². The van der Waals surface area contributed by atoms with Crippen LogP contribution in [-0.4, -0.2) is 32.5 Å². The molecule has 0 aromatic carbocycles. The van der Waals surface area contributed by atoms with E-state index >= 15 is 0 Å². The normalized spacial score (nSPS) is 34.8. The SMILES string of the molecule is COCC1(C2(CN)CCC2)CCCCO1. The molecule has 0 amide bonds. The molecular weight excluding hydrogens is 190 g/mol. The molecule has 88 valence electrons. The van der Waals surface area contributed by atoms with Gasteiger partial charge in [-0.1, -0.05) is 6.42 Å². The Kier molecular flexibility index (Phi) is 3.33. The van der Waals surface area contributed by atoms with Gasteiger partial charge in [-0.25, -0.2) is 0 Å². The summed E-state index contributed by atoms with van der Waals surface area (Å²) >= 11 is 0. The van der Waals surface area contributed by atoms with Crippen LogP contribution in [0, 0.1) is 5.41 Å². The van der Waals surface area contributed by atoms with Gasteiger partial charge < -0.3 is 15.2 Å². The second-order valence-corrected chi connectivity index (χ2v) is 5.07. The first kappa shape index (κ1) is 11.4. The fraction of sp³-hybridized carbons (Fsp3) is 1.00. The summed E-state index contributed by atoms with van der Waals surface area (Å²) in [6, 6.07) is 0. The zero-order chi connectivity index (χ0) is 10.8. The van der Waals surface area contributed by atoms with E-state index in [1.165, 1.54) is 32.1 Å². The maximum absolute atomic E-state index is 6.10. The first-order valence-electron chi connectivity index (χ1n) is 6.12. The molecule has 1 saturated heterocycles. The first-order valence-corrected chi connectivity index (χ1v) is 6.12. The lowest BCUT2D eigenvalue weighted by molar-refractivity contribution is -0.209. The van der Waals surface area contributed by atoms with E-state index in [1.807, 2.05) is 0 Å². The molecule has 1 aliphatic heterocycles. The standard InChI is InChI=1S/C12H23NO2/c1-14-10-12(7-2-3-8-15-12)11(9-13)5-4-6-11/h2-10,13H2,1H3. The van der Waals surface area contributed by atoms with Gasteiger partial charge in [0.25, 0.3) is 0 Å². The van der Waals surface area contributed by atoms with Crippen LogP contribution < -0.4 is 5.73 Å². The Balaban J connectivity index is 2.15. The minimum Gasteiger partial charge on any atom is -0.382 e. The van der Waals surface area contributed by atoms with Crippen molar-refractivity contribution < 1.29 is 9.47 Å². The van der Waals surface area contributed by atoms with Gasteiger partial charge in [0.15, 0.2) is 0 Å². The Morgan fingerprint density at radius 3 is 2.40 bits per heavy atom. The molecular formula is C12H23NO2. The molecule has 2 rings (SSSR count). The molecule has 0 aromatic heterocycles. The van der Waals surface area contributed by atoms with E-state index < -0.39 is 0 Å². The highest BCUT2D eigenvalue weighted by Gasteiger charge is 2.55. The summed E-state index contributed by atoms with van der Waals surface area (Å²) in [5, 5.41) is 0. The van der Waals surface area contributed by atoms with Crippen molar-refractivity contribution in [3.8, 4) is 0 Å². The number of nitrogens with two attached hydrogens (primary N) is 1. The van der Waals surface area contributed by atoms with Crippen LogP contribution in [0.25, 0.3) is 0 Å². The van der Waals surface area contributed by atoms with E-state index in [1.54, 1.807) is 7.11 Å². The predicted octanol–water partition coefficient (Wildman–Crippen LogP) is 1.70. The Bertz CT molecular complexity index is 197. The summed E-state index contributed by atoms with van der Waals surface area (Å²) in [5.41, 5.74) is 6.11. The van der Waals surface area contributed by atoms with Crippen LogP contribution >= 0.6 is 0 Å². The molecule has 3 nitrogen and oxygen atoms in total. The third-order valence-corrected chi connectivity index (χ3v) is 4.40. The summed E-state index contributed by atoms with van der Waals surface area (Å²) < 4.78 is 11.5. The van der Waals surface area contributed by atoms with Gasteiger partial charge in [0, 0.05) is 25.7 Å². The Morgan fingerprint density at radius 1 is 1.20 bits per heavy atom. The van der Waals surface area contributed by atoms with Gasteiger partial charge in [-0.15, -0.1) is 0 Å². The highest BCUT2D eigenvalue weighted by Crippen LogP contribution is 2.53. The predicted molar refractivity (Wildman–Crippen MR) is 59.7 cm³/mol. The number of ether oxygens (including phenoxy) is 2. The highest BCUT2D eigenvalue weighted by molar-refractivity contribution is 5.06. The van der Waals surface area contributed by atoms with E-state index in [-0.39, 0.29) is 11.0 Å². The molecule has 1 saturated carbocycles. The van der Waals surface area contributed by atoms with Crippen molar-refractivity contribution in [1.82, 2.24) is 0 Å². The van der Waals surface area contributed by atoms with E-state index in [9.17, 15) is 0 Å². The van der Waals surface area contributed by atoms with Crippen molar-refractivity contribution in [3.05, 3.63) is 0 Å². The lowest BCUT2D eigenvalue weighted by Crippen LogP contribution is -2.61. The van der Waals surface area contributed by atoms with Gasteiger partial charge in [-0.2, -0.15) is 0 Å². The molecule has 0 radical (unpaired) electrons. The monoisotopic (exact) mass is 213 g/mol. The van der Waals surface area contributed by atoms with Crippen molar-refractivity contribution in [2.24, 2.45) is 11.1 Å². The fourth-order valence-electron chi connectivity index (χ4n) is 3.22. The van der Waals surface area contributed by atoms with Gasteiger partial charge in [-0.3, -0.25) is 0 Å². The van der Waals surface area contributed by atoms with Crippen LogP contribution in [0.15, 0.2) is 0 Å². The lowest BCUT2D eigenvalue weighted by atomic mass is 9.57. The van der Waals surface area contributed by atoms with Crippen molar-refractivity contribution in [2.45, 2.75) is 44.1 Å². The van der Waals surface area contributed by atoms with Crippen LogP contribution in [0.5, 0.6) is 0 Å². The topological polar surface area (TPSA) is 44.5 Å². The molecule has 0 aromatic rings. The van der Waals surface area contributed by atoms with Crippen molar-refractivity contribution >= 4 is 0 Å². The minimum atomic E-state index is -0.0764. The van der Waals surface area contributed by atoms with E-state index in [0.29, 0.717) is 6.61 Å². The molecule has 15 heavy (non-hydrogen) atoms. The number of hydrogen-bond donors (Lipinski definition) is 1. The molecule has 1 atom stereocenters. The van der Waals surface area contributed by atoms with Crippen LogP contribution in [0.2, 0.25) is 0 Å². The van der Waals surface area contributed by atoms with Gasteiger partial charge in [-0.05, 0) is 32.1 Å². The number of methoxy groups -OCH3 is 1. The summed E-state index contributed by atoms with van der Waals surface area (Å²) in [6.07, 6.45) is 7.29. The summed E-state index contributed by atoms with van der Waals surface area (Å²) in [4.78, 5) is 0. The van der Waals surface area contributed by atoms with Gasteiger partial charge in [0.05, 0.1) is 12.2 Å². The molecule has 2 N–H and O–H groups in total. The summed E-state index contributed by atoms with van der Waals surface area (Å²) in [7, 11) is 1.77. The Labute approximate surface area is 92.3 Å². The maximum atomic E-state index is 6.10. The zero-order valence-corrected chi connectivity index (χ0v) is 9.76. The van der Waals surface area contributed by atoms with Crippen molar-refractivity contribution in [3.63, 3.8) is 0 Å². The van der Waals surface area contributed by atoms with Crippen LogP contribution in [0.4, 0.5) is 0 Å². The average Bonchev–Trinajstić information content (AvgIpc) is 2.18. The minimum absolute atomic E-state index is 0.0764. The molecule has 0 bridgehead atoms. The molecule has 2 fully saturated rings. The molecule has 1 unspecified atom stereocenters. The third-order valence-electron chi connectivity index (χ3n) is 4.40. The van der Waals surface area contributed by atoms with Crippen LogP contribution in [0.3, 0.4) is 0 Å². The van der Waals surface area contributed by atoms with Gasteiger partial charge in [0.1, 0.15) is 0 Å². The number of hydrogen-bond acceptors (Lipinski definition) is 3. The Hall–Kier alpha value is -0.120. The molecule has 1 heterocycles. The molecule has 0 spiro atoms. The summed E-state index contributed by atoms with van der Waals surface area (Å²) in [5.74, 6) is 0. The zero-order valence-electron chi connectivity index (χ0n) is 9.76. The smallest absolute Gasteiger partial charge is 0.0982 e. The second kappa shape index (κ2) is 4.40. The van der Waals surface area contributed by atoms with E-state index in [0.717, 1.165) is 19.6 Å². The second-order valence-electron chi connectivity index (χ2n) is 5.07. The van der Waals surface area contributed by atoms with Gasteiger partial charge in [0.2, 0.25) is 0 Å². The van der Waals surface area contributed by atoms with E-state index in [2.05, 4.69) is 0 Å². The van der Waals surface area contributed by atoms with Crippen molar-refractivity contribution in [2.75, 3.05) is 26.9 Å². The largest absolute Gasteiger partial charge is 0.382 e. The maximum Gasteiger partial charge on any atom is 0.0982 e. The van der Waals surface area contributed by atoms with E-state index in [4.69, 9.17) is 15.2 Å². The Morgan fingerprint density at radius 2 is 2.00 bits per heavy atom. The lowest BCUT2D eigenvalue weighted by Gasteiger charge is -2.56. The average molecular weight is 213 g/mol. The van der Waals surface area contributed by atoms with Gasteiger partial charge >= 0.3 is 0 Å². The third kappa shape index (κ3) is 1.71. The molecule has 2 aliphatic rings. The first-order chi connectivity index (χ1) is 7.29. The molecule has 3 heteroatoms. The fourth-order valence-corrected chi connectivity index (χ4v) is 3.22. The molecule has 1 aliphatic carbocycles. The van der Waals surface area contributed by atoms with Crippen molar-refractivity contribution in [1.29, 1.82) is 0 Å².